The molecule has 1 saturated heterocycles. The summed E-state index contributed by atoms with van der Waals surface area (Å²) in [5.41, 5.74) is 1.21. The normalized spacial score (nSPS) is 22.9. The molecule has 1 atom stereocenters. The summed E-state index contributed by atoms with van der Waals surface area (Å²) in [5, 5.41) is 1.81. The quantitative estimate of drug-likeness (QED) is 0.767. The third-order valence-corrected chi connectivity index (χ3v) is 2.77. The van der Waals surface area contributed by atoms with Crippen LogP contribution in [0.5, 0.6) is 0 Å². The van der Waals surface area contributed by atoms with Crippen molar-refractivity contribution >= 4 is 0 Å². The minimum absolute atomic E-state index is 0.0963. The molecule has 0 bridgehead atoms. The SMILES string of the molecule is NN1CCCCC1OCc1ccccc1. The number of nitrogens with two attached hydrogens (primary N) is 1. The molecule has 0 amide bonds. The molecule has 1 fully saturated rings. The van der Waals surface area contributed by atoms with Gasteiger partial charge in [-0.2, -0.15) is 0 Å². The maximum absolute atomic E-state index is 5.85. The van der Waals surface area contributed by atoms with Gasteiger partial charge >= 0.3 is 0 Å². The minimum Gasteiger partial charge on any atom is -0.357 e. The molecule has 2 N–H and O–H groups in total. The molecule has 1 aliphatic rings. The Balaban J connectivity index is 1.82. The Hall–Kier alpha value is -0.900. The number of hydrazine groups is 1. The van der Waals surface area contributed by atoms with Gasteiger partial charge in [-0.25, -0.2) is 5.01 Å². The first-order chi connectivity index (χ1) is 7.36. The lowest BCUT2D eigenvalue weighted by molar-refractivity contribution is -0.0891. The van der Waals surface area contributed by atoms with Crippen molar-refractivity contribution in [3.8, 4) is 0 Å². The van der Waals surface area contributed by atoms with E-state index in [-0.39, 0.29) is 6.23 Å². The van der Waals surface area contributed by atoms with E-state index in [0.29, 0.717) is 6.61 Å². The predicted molar refractivity (Wildman–Crippen MR) is 59.8 cm³/mol. The fraction of sp³-hybridized carbons (Fsp3) is 0.500. The Bertz CT molecular complexity index is 289. The number of piperidine rings is 1. The highest BCUT2D eigenvalue weighted by Crippen LogP contribution is 2.16. The Kier molecular flexibility index (Phi) is 3.72. The molecule has 0 radical (unpaired) electrons. The van der Waals surface area contributed by atoms with Gasteiger partial charge in [0.1, 0.15) is 6.23 Å². The van der Waals surface area contributed by atoms with Gasteiger partial charge < -0.3 is 4.74 Å². The van der Waals surface area contributed by atoms with Crippen LogP contribution in [0.1, 0.15) is 24.8 Å². The summed E-state index contributed by atoms with van der Waals surface area (Å²) in [7, 11) is 0. The van der Waals surface area contributed by atoms with Crippen molar-refractivity contribution in [3.63, 3.8) is 0 Å². The summed E-state index contributed by atoms with van der Waals surface area (Å²) in [6.07, 6.45) is 3.54. The first-order valence-electron chi connectivity index (χ1n) is 5.53. The molecule has 15 heavy (non-hydrogen) atoms. The molecule has 3 heteroatoms. The number of hydrogen-bond donors (Lipinski definition) is 1. The summed E-state index contributed by atoms with van der Waals surface area (Å²) >= 11 is 0. The summed E-state index contributed by atoms with van der Waals surface area (Å²) in [6, 6.07) is 10.2. The predicted octanol–water partition coefficient (Wildman–Crippen LogP) is 1.89. The van der Waals surface area contributed by atoms with Gasteiger partial charge in [0.05, 0.1) is 6.61 Å². The molecule has 2 rings (SSSR count). The van der Waals surface area contributed by atoms with Gasteiger partial charge in [0.2, 0.25) is 0 Å². The minimum atomic E-state index is 0.0963. The second kappa shape index (κ2) is 5.26. The summed E-state index contributed by atoms with van der Waals surface area (Å²) in [6.45, 7) is 1.60. The van der Waals surface area contributed by atoms with Gasteiger partial charge in [0.25, 0.3) is 0 Å². The van der Waals surface area contributed by atoms with E-state index in [2.05, 4.69) is 12.1 Å². The molecule has 0 saturated carbocycles. The Labute approximate surface area is 90.8 Å². The fourth-order valence-electron chi connectivity index (χ4n) is 1.87. The fourth-order valence-corrected chi connectivity index (χ4v) is 1.87. The molecule has 3 nitrogen and oxygen atoms in total. The zero-order chi connectivity index (χ0) is 10.5. The summed E-state index contributed by atoms with van der Waals surface area (Å²) in [4.78, 5) is 0. The molecule has 1 unspecified atom stereocenters. The second-order valence-corrected chi connectivity index (χ2v) is 3.98. The lowest BCUT2D eigenvalue weighted by Crippen LogP contribution is -2.45. The van der Waals surface area contributed by atoms with E-state index in [1.54, 1.807) is 0 Å². The number of rotatable bonds is 3. The van der Waals surface area contributed by atoms with Crippen LogP contribution in [0.4, 0.5) is 0 Å². The van der Waals surface area contributed by atoms with Gasteiger partial charge in [-0.3, -0.25) is 5.84 Å². The van der Waals surface area contributed by atoms with Gasteiger partial charge in [-0.05, 0) is 24.8 Å². The molecule has 1 aromatic carbocycles. The molecule has 1 heterocycles. The Morgan fingerprint density at radius 1 is 1.27 bits per heavy atom. The lowest BCUT2D eigenvalue weighted by Gasteiger charge is -2.31. The highest BCUT2D eigenvalue weighted by molar-refractivity contribution is 5.13. The van der Waals surface area contributed by atoms with E-state index >= 15 is 0 Å². The Morgan fingerprint density at radius 3 is 2.80 bits per heavy atom. The molecule has 0 aromatic heterocycles. The van der Waals surface area contributed by atoms with Crippen LogP contribution in [0.3, 0.4) is 0 Å². The van der Waals surface area contributed by atoms with Crippen LogP contribution in [0.15, 0.2) is 30.3 Å². The molecule has 0 spiro atoms. The van der Waals surface area contributed by atoms with E-state index in [9.17, 15) is 0 Å². The van der Waals surface area contributed by atoms with Crippen molar-refractivity contribution in [2.45, 2.75) is 32.1 Å². The van der Waals surface area contributed by atoms with E-state index in [1.807, 2.05) is 23.2 Å². The van der Waals surface area contributed by atoms with Crippen molar-refractivity contribution in [2.75, 3.05) is 6.54 Å². The zero-order valence-corrected chi connectivity index (χ0v) is 8.93. The molecular formula is C12H18N2O. The van der Waals surface area contributed by atoms with Gasteiger partial charge in [0, 0.05) is 6.54 Å². The van der Waals surface area contributed by atoms with E-state index in [1.165, 1.54) is 18.4 Å². The second-order valence-electron chi connectivity index (χ2n) is 3.98. The third kappa shape index (κ3) is 3.02. The first kappa shape index (κ1) is 10.6. The van der Waals surface area contributed by atoms with Crippen molar-refractivity contribution in [1.29, 1.82) is 0 Å². The van der Waals surface area contributed by atoms with Crippen LogP contribution in [-0.2, 0) is 11.3 Å². The van der Waals surface area contributed by atoms with E-state index in [4.69, 9.17) is 10.6 Å². The number of benzene rings is 1. The maximum Gasteiger partial charge on any atom is 0.123 e. The average Bonchev–Trinajstić information content (AvgIpc) is 2.29. The topological polar surface area (TPSA) is 38.5 Å². The molecular weight excluding hydrogens is 188 g/mol. The summed E-state index contributed by atoms with van der Waals surface area (Å²) < 4.78 is 5.78. The first-order valence-corrected chi connectivity index (χ1v) is 5.53. The standard InChI is InChI=1S/C12H18N2O/c13-14-9-5-4-8-12(14)15-10-11-6-2-1-3-7-11/h1-3,6-7,12H,4-5,8-10,13H2. The van der Waals surface area contributed by atoms with Crippen LogP contribution < -0.4 is 5.84 Å². The highest BCUT2D eigenvalue weighted by Gasteiger charge is 2.19. The van der Waals surface area contributed by atoms with Crippen molar-refractivity contribution < 1.29 is 4.74 Å². The highest BCUT2D eigenvalue weighted by atomic mass is 16.5. The average molecular weight is 206 g/mol. The van der Waals surface area contributed by atoms with Gasteiger partial charge in [0.15, 0.2) is 0 Å². The van der Waals surface area contributed by atoms with Gasteiger partial charge in [-0.15, -0.1) is 0 Å². The summed E-state index contributed by atoms with van der Waals surface area (Å²) in [5.74, 6) is 5.85. The molecule has 82 valence electrons. The van der Waals surface area contributed by atoms with Crippen LogP contribution in [0.25, 0.3) is 0 Å². The van der Waals surface area contributed by atoms with Crippen LogP contribution in [0, 0.1) is 0 Å². The zero-order valence-electron chi connectivity index (χ0n) is 8.93. The molecule has 0 aliphatic carbocycles. The van der Waals surface area contributed by atoms with Crippen LogP contribution >= 0.6 is 0 Å². The van der Waals surface area contributed by atoms with Gasteiger partial charge in [-0.1, -0.05) is 30.3 Å². The number of ether oxygens (including phenoxy) is 1. The maximum atomic E-state index is 5.85. The monoisotopic (exact) mass is 206 g/mol. The third-order valence-electron chi connectivity index (χ3n) is 2.77. The van der Waals surface area contributed by atoms with Crippen LogP contribution in [-0.4, -0.2) is 17.8 Å². The molecule has 1 aliphatic heterocycles. The van der Waals surface area contributed by atoms with E-state index in [0.717, 1.165) is 13.0 Å². The molecule has 1 aromatic rings. The smallest absolute Gasteiger partial charge is 0.123 e. The van der Waals surface area contributed by atoms with E-state index < -0.39 is 0 Å². The largest absolute Gasteiger partial charge is 0.357 e. The van der Waals surface area contributed by atoms with Crippen molar-refractivity contribution in [3.05, 3.63) is 35.9 Å². The lowest BCUT2D eigenvalue weighted by atomic mass is 10.1. The van der Waals surface area contributed by atoms with Crippen molar-refractivity contribution in [2.24, 2.45) is 5.84 Å². The number of hydrogen-bond acceptors (Lipinski definition) is 3. The number of nitrogens with zero attached hydrogens (tertiary/aromatic N) is 1. The Morgan fingerprint density at radius 2 is 2.07 bits per heavy atom. The van der Waals surface area contributed by atoms with Crippen LogP contribution in [0.2, 0.25) is 0 Å². The van der Waals surface area contributed by atoms with Crippen molar-refractivity contribution in [1.82, 2.24) is 5.01 Å².